The Morgan fingerprint density at radius 2 is 1.72 bits per heavy atom. The molecular formula is C15H16ClNO. The highest BCUT2D eigenvalue weighted by molar-refractivity contribution is 6.33. The number of hydrogen-bond acceptors (Lipinski definition) is 2. The summed E-state index contributed by atoms with van der Waals surface area (Å²) in [7, 11) is 0. The van der Waals surface area contributed by atoms with E-state index in [1.54, 1.807) is 0 Å². The topological polar surface area (TPSA) is 32.3 Å². The maximum atomic E-state index is 9.94. The fraction of sp³-hybridized carbons (Fsp3) is 0.200. The summed E-state index contributed by atoms with van der Waals surface area (Å²) in [6.07, 6.45) is 0. The van der Waals surface area contributed by atoms with E-state index in [0.717, 1.165) is 22.4 Å². The molecule has 0 aliphatic heterocycles. The Kier molecular flexibility index (Phi) is 3.78. The number of nitrogens with one attached hydrogen (secondary N) is 1. The molecule has 0 aliphatic carbocycles. The summed E-state index contributed by atoms with van der Waals surface area (Å²) < 4.78 is 0. The molecule has 0 unspecified atom stereocenters. The summed E-state index contributed by atoms with van der Waals surface area (Å²) in [5.74, 6) is 0.342. The van der Waals surface area contributed by atoms with E-state index in [0.29, 0.717) is 17.3 Å². The van der Waals surface area contributed by atoms with E-state index in [9.17, 15) is 5.11 Å². The van der Waals surface area contributed by atoms with Crippen molar-refractivity contribution in [1.29, 1.82) is 0 Å². The van der Waals surface area contributed by atoms with Gasteiger partial charge in [0.2, 0.25) is 0 Å². The molecule has 0 bridgehead atoms. The molecule has 0 heterocycles. The molecule has 2 aromatic rings. The monoisotopic (exact) mass is 261 g/mol. The van der Waals surface area contributed by atoms with Crippen LogP contribution in [0.2, 0.25) is 5.02 Å². The van der Waals surface area contributed by atoms with Gasteiger partial charge in [-0.05, 0) is 31.0 Å². The lowest BCUT2D eigenvalue weighted by molar-refractivity contribution is 0.465. The van der Waals surface area contributed by atoms with Crippen LogP contribution in [0.4, 0.5) is 5.69 Å². The third kappa shape index (κ3) is 2.59. The lowest BCUT2D eigenvalue weighted by Crippen LogP contribution is -2.02. The van der Waals surface area contributed by atoms with Crippen LogP contribution in [0.5, 0.6) is 5.75 Å². The van der Waals surface area contributed by atoms with Gasteiger partial charge in [-0.25, -0.2) is 0 Å². The molecule has 0 amide bonds. The molecule has 0 aromatic heterocycles. The Morgan fingerprint density at radius 1 is 1.06 bits per heavy atom. The van der Waals surface area contributed by atoms with Gasteiger partial charge in [-0.1, -0.05) is 41.9 Å². The number of phenols is 1. The molecule has 0 fully saturated rings. The zero-order chi connectivity index (χ0) is 13.1. The standard InChI is InChI=1S/C15H16ClNO/c1-10-5-4-8-13(16)14(10)17-9-12-7-3-6-11(2)15(12)18/h3-8,17-18H,9H2,1-2H3. The molecule has 0 spiro atoms. The predicted octanol–water partition coefficient (Wildman–Crippen LogP) is 4.27. The Morgan fingerprint density at radius 3 is 2.44 bits per heavy atom. The summed E-state index contributed by atoms with van der Waals surface area (Å²) in [5.41, 5.74) is 3.76. The fourth-order valence-electron chi connectivity index (χ4n) is 1.90. The molecular weight excluding hydrogens is 246 g/mol. The summed E-state index contributed by atoms with van der Waals surface area (Å²) in [4.78, 5) is 0. The average molecular weight is 262 g/mol. The fourth-order valence-corrected chi connectivity index (χ4v) is 2.19. The molecule has 0 saturated carbocycles. The molecule has 2 nitrogen and oxygen atoms in total. The summed E-state index contributed by atoms with van der Waals surface area (Å²) >= 11 is 6.14. The number of aromatic hydroxyl groups is 1. The summed E-state index contributed by atoms with van der Waals surface area (Å²) in [6, 6.07) is 11.5. The SMILES string of the molecule is Cc1cccc(CNc2c(C)cccc2Cl)c1O. The van der Waals surface area contributed by atoms with Crippen molar-refractivity contribution in [3.8, 4) is 5.75 Å². The van der Waals surface area contributed by atoms with Crippen molar-refractivity contribution in [2.45, 2.75) is 20.4 Å². The highest BCUT2D eigenvalue weighted by Crippen LogP contribution is 2.27. The zero-order valence-electron chi connectivity index (χ0n) is 10.5. The molecule has 0 saturated heterocycles. The van der Waals surface area contributed by atoms with E-state index >= 15 is 0 Å². The average Bonchev–Trinajstić information content (AvgIpc) is 2.33. The van der Waals surface area contributed by atoms with Gasteiger partial charge in [0.15, 0.2) is 0 Å². The van der Waals surface area contributed by atoms with Gasteiger partial charge in [0.25, 0.3) is 0 Å². The molecule has 0 aliphatic rings. The minimum atomic E-state index is 0.342. The van der Waals surface area contributed by atoms with Crippen molar-refractivity contribution in [3.05, 3.63) is 58.1 Å². The number of aryl methyl sites for hydroxylation is 2. The van der Waals surface area contributed by atoms with E-state index in [1.807, 2.05) is 50.2 Å². The second-order valence-electron chi connectivity index (χ2n) is 4.37. The first kappa shape index (κ1) is 12.8. The molecule has 3 heteroatoms. The smallest absolute Gasteiger partial charge is 0.123 e. The van der Waals surface area contributed by atoms with E-state index in [2.05, 4.69) is 5.32 Å². The van der Waals surface area contributed by atoms with E-state index in [4.69, 9.17) is 11.6 Å². The summed E-state index contributed by atoms with van der Waals surface area (Å²) in [5, 5.41) is 13.9. The number of benzene rings is 2. The zero-order valence-corrected chi connectivity index (χ0v) is 11.3. The third-order valence-corrected chi connectivity index (χ3v) is 3.31. The van der Waals surface area contributed by atoms with E-state index in [-0.39, 0.29) is 0 Å². The van der Waals surface area contributed by atoms with Crippen molar-refractivity contribution in [2.75, 3.05) is 5.32 Å². The number of hydrogen-bond donors (Lipinski definition) is 2. The number of para-hydroxylation sites is 2. The molecule has 2 aromatic carbocycles. The number of halogens is 1. The Balaban J connectivity index is 2.19. The second kappa shape index (κ2) is 5.32. The first-order chi connectivity index (χ1) is 8.59. The van der Waals surface area contributed by atoms with Crippen LogP contribution in [0.3, 0.4) is 0 Å². The molecule has 0 radical (unpaired) electrons. The van der Waals surface area contributed by atoms with Gasteiger partial charge in [-0.2, -0.15) is 0 Å². The van der Waals surface area contributed by atoms with Gasteiger partial charge >= 0.3 is 0 Å². The molecule has 0 atom stereocenters. The number of anilines is 1. The van der Waals surface area contributed by atoms with Crippen molar-refractivity contribution in [1.82, 2.24) is 0 Å². The van der Waals surface area contributed by atoms with Crippen LogP contribution in [0.1, 0.15) is 16.7 Å². The van der Waals surface area contributed by atoms with Gasteiger partial charge in [0.1, 0.15) is 5.75 Å². The maximum Gasteiger partial charge on any atom is 0.123 e. The molecule has 2 N–H and O–H groups in total. The van der Waals surface area contributed by atoms with Crippen molar-refractivity contribution in [2.24, 2.45) is 0 Å². The Bertz CT molecular complexity index is 546. The van der Waals surface area contributed by atoms with Gasteiger partial charge in [-0.15, -0.1) is 0 Å². The Labute approximate surface area is 112 Å². The Hall–Kier alpha value is -1.67. The lowest BCUT2D eigenvalue weighted by Gasteiger charge is -2.13. The van der Waals surface area contributed by atoms with Crippen LogP contribution in [-0.4, -0.2) is 5.11 Å². The minimum Gasteiger partial charge on any atom is -0.507 e. The van der Waals surface area contributed by atoms with Crippen LogP contribution in [0.25, 0.3) is 0 Å². The van der Waals surface area contributed by atoms with Crippen LogP contribution < -0.4 is 5.32 Å². The third-order valence-electron chi connectivity index (χ3n) is 3.00. The van der Waals surface area contributed by atoms with Crippen LogP contribution in [0, 0.1) is 13.8 Å². The van der Waals surface area contributed by atoms with Crippen LogP contribution >= 0.6 is 11.6 Å². The van der Waals surface area contributed by atoms with Gasteiger partial charge in [0.05, 0.1) is 10.7 Å². The summed E-state index contributed by atoms with van der Waals surface area (Å²) in [6.45, 7) is 4.45. The van der Waals surface area contributed by atoms with Crippen LogP contribution in [0.15, 0.2) is 36.4 Å². The molecule has 18 heavy (non-hydrogen) atoms. The molecule has 94 valence electrons. The number of phenolic OH excluding ortho intramolecular Hbond substituents is 1. The first-order valence-corrected chi connectivity index (χ1v) is 6.24. The quantitative estimate of drug-likeness (QED) is 0.865. The van der Waals surface area contributed by atoms with Crippen molar-refractivity contribution in [3.63, 3.8) is 0 Å². The van der Waals surface area contributed by atoms with Gasteiger partial charge in [-0.3, -0.25) is 0 Å². The molecule has 2 rings (SSSR count). The second-order valence-corrected chi connectivity index (χ2v) is 4.78. The van der Waals surface area contributed by atoms with Crippen molar-refractivity contribution < 1.29 is 5.11 Å². The number of rotatable bonds is 3. The van der Waals surface area contributed by atoms with E-state index in [1.165, 1.54) is 0 Å². The first-order valence-electron chi connectivity index (χ1n) is 5.86. The largest absolute Gasteiger partial charge is 0.507 e. The normalized spacial score (nSPS) is 10.4. The highest BCUT2D eigenvalue weighted by atomic mass is 35.5. The highest BCUT2D eigenvalue weighted by Gasteiger charge is 2.06. The van der Waals surface area contributed by atoms with Crippen molar-refractivity contribution >= 4 is 17.3 Å². The lowest BCUT2D eigenvalue weighted by atomic mass is 10.1. The van der Waals surface area contributed by atoms with Crippen LogP contribution in [-0.2, 0) is 6.54 Å². The van der Waals surface area contributed by atoms with E-state index < -0.39 is 0 Å². The maximum absolute atomic E-state index is 9.94. The van der Waals surface area contributed by atoms with Gasteiger partial charge < -0.3 is 10.4 Å². The van der Waals surface area contributed by atoms with Gasteiger partial charge in [0, 0.05) is 12.1 Å². The predicted molar refractivity (Wildman–Crippen MR) is 76.4 cm³/mol. The minimum absolute atomic E-state index is 0.342.